The van der Waals surface area contributed by atoms with E-state index in [0.717, 1.165) is 13.0 Å². The third-order valence-electron chi connectivity index (χ3n) is 3.65. The monoisotopic (exact) mass is 281 g/mol. The number of carbonyl (C=O) groups is 1. The number of hydrogen-bond acceptors (Lipinski definition) is 1. The molecule has 21 heavy (non-hydrogen) atoms. The van der Waals surface area contributed by atoms with Crippen molar-refractivity contribution in [3.05, 3.63) is 72.2 Å². The Morgan fingerprint density at radius 2 is 1.76 bits per heavy atom. The molecule has 2 nitrogen and oxygen atoms in total. The third kappa shape index (κ3) is 3.02. The van der Waals surface area contributed by atoms with Gasteiger partial charge in [0.15, 0.2) is 5.78 Å². The molecule has 3 rings (SSSR count). The van der Waals surface area contributed by atoms with Crippen LogP contribution in [0.1, 0.15) is 23.2 Å². The zero-order valence-corrected chi connectivity index (χ0v) is 11.6. The van der Waals surface area contributed by atoms with Gasteiger partial charge in [-0.1, -0.05) is 18.2 Å². The maximum absolute atomic E-state index is 12.8. The van der Waals surface area contributed by atoms with Gasteiger partial charge >= 0.3 is 0 Å². The number of Topliss-reactive ketones (excluding diaryl/α,β-unsaturated/α-hetero) is 1. The number of benzene rings is 2. The summed E-state index contributed by atoms with van der Waals surface area (Å²) in [7, 11) is 0. The quantitative estimate of drug-likeness (QED) is 0.633. The molecule has 0 atom stereocenters. The number of para-hydroxylation sites is 1. The Balaban J connectivity index is 1.61. The van der Waals surface area contributed by atoms with E-state index < -0.39 is 0 Å². The first-order valence-electron chi connectivity index (χ1n) is 7.07. The lowest BCUT2D eigenvalue weighted by atomic mass is 10.1. The molecule has 0 spiro atoms. The lowest BCUT2D eigenvalue weighted by Gasteiger charge is -2.05. The Morgan fingerprint density at radius 3 is 2.57 bits per heavy atom. The molecule has 0 N–H and O–H groups in total. The molecule has 3 aromatic rings. The Kier molecular flexibility index (Phi) is 3.82. The summed E-state index contributed by atoms with van der Waals surface area (Å²) < 4.78 is 15.0. The Hall–Kier alpha value is -2.42. The summed E-state index contributed by atoms with van der Waals surface area (Å²) in [5.41, 5.74) is 1.76. The molecule has 0 saturated heterocycles. The van der Waals surface area contributed by atoms with Crippen molar-refractivity contribution in [2.75, 3.05) is 0 Å². The van der Waals surface area contributed by atoms with Gasteiger partial charge in [-0.25, -0.2) is 4.39 Å². The normalized spacial score (nSPS) is 10.9. The van der Waals surface area contributed by atoms with Gasteiger partial charge < -0.3 is 4.57 Å². The minimum atomic E-state index is -0.314. The van der Waals surface area contributed by atoms with Crippen molar-refractivity contribution in [1.82, 2.24) is 4.57 Å². The van der Waals surface area contributed by atoms with Crippen molar-refractivity contribution >= 4 is 16.7 Å². The van der Waals surface area contributed by atoms with Gasteiger partial charge in [0, 0.05) is 30.2 Å². The first-order valence-corrected chi connectivity index (χ1v) is 7.07. The van der Waals surface area contributed by atoms with Crippen LogP contribution in [0.15, 0.2) is 60.8 Å². The van der Waals surface area contributed by atoms with E-state index in [9.17, 15) is 9.18 Å². The number of nitrogens with zero attached hydrogens (tertiary/aromatic N) is 1. The van der Waals surface area contributed by atoms with Gasteiger partial charge in [-0.05, 0) is 48.2 Å². The Morgan fingerprint density at radius 1 is 1.00 bits per heavy atom. The first kappa shape index (κ1) is 13.6. The molecule has 3 heteroatoms. The molecular formula is C18H16FNO. The molecule has 1 heterocycles. The predicted molar refractivity (Wildman–Crippen MR) is 81.9 cm³/mol. The fraction of sp³-hybridized carbons (Fsp3) is 0.167. The lowest BCUT2D eigenvalue weighted by molar-refractivity contribution is 0.0978. The summed E-state index contributed by atoms with van der Waals surface area (Å²) in [6.45, 7) is 0.806. The van der Waals surface area contributed by atoms with Gasteiger partial charge in [0.05, 0.1) is 0 Å². The highest BCUT2D eigenvalue weighted by atomic mass is 19.1. The summed E-state index contributed by atoms with van der Waals surface area (Å²) in [5.74, 6) is -0.253. The van der Waals surface area contributed by atoms with Crippen molar-refractivity contribution < 1.29 is 9.18 Å². The fourth-order valence-electron chi connectivity index (χ4n) is 2.53. The first-order chi connectivity index (χ1) is 10.2. The highest BCUT2D eigenvalue weighted by Crippen LogP contribution is 2.16. The van der Waals surface area contributed by atoms with Crippen LogP contribution >= 0.6 is 0 Å². The number of aromatic nitrogens is 1. The van der Waals surface area contributed by atoms with Crippen molar-refractivity contribution in [1.29, 1.82) is 0 Å². The Labute approximate surface area is 122 Å². The topological polar surface area (TPSA) is 22.0 Å². The largest absolute Gasteiger partial charge is 0.347 e. The van der Waals surface area contributed by atoms with Gasteiger partial charge in [0.2, 0.25) is 0 Å². The average molecular weight is 281 g/mol. The molecule has 0 aliphatic rings. The summed E-state index contributed by atoms with van der Waals surface area (Å²) in [6.07, 6.45) is 3.29. The zero-order chi connectivity index (χ0) is 14.7. The highest BCUT2D eigenvalue weighted by molar-refractivity contribution is 5.95. The molecule has 0 amide bonds. The van der Waals surface area contributed by atoms with Crippen molar-refractivity contribution in [2.24, 2.45) is 0 Å². The fourth-order valence-corrected chi connectivity index (χ4v) is 2.53. The van der Waals surface area contributed by atoms with Crippen LogP contribution in [0, 0.1) is 5.82 Å². The minimum absolute atomic E-state index is 0.0615. The van der Waals surface area contributed by atoms with E-state index in [-0.39, 0.29) is 11.6 Å². The second-order valence-corrected chi connectivity index (χ2v) is 5.10. The Bertz CT molecular complexity index is 758. The molecule has 1 aromatic heterocycles. The molecule has 2 aromatic carbocycles. The third-order valence-corrected chi connectivity index (χ3v) is 3.65. The molecule has 0 radical (unpaired) electrons. The van der Waals surface area contributed by atoms with Gasteiger partial charge in [-0.15, -0.1) is 0 Å². The number of hydrogen-bond donors (Lipinski definition) is 0. The molecular weight excluding hydrogens is 265 g/mol. The zero-order valence-electron chi connectivity index (χ0n) is 11.6. The second kappa shape index (κ2) is 5.92. The van der Waals surface area contributed by atoms with Crippen LogP contribution in [0.2, 0.25) is 0 Å². The molecule has 0 fully saturated rings. The standard InChI is InChI=1S/C18H16FNO/c19-16-9-7-15(8-10-16)18(21)6-3-12-20-13-11-14-4-1-2-5-17(14)20/h1-2,4-5,7-11,13H,3,6,12H2. The van der Waals surface area contributed by atoms with Crippen LogP contribution in [0.3, 0.4) is 0 Å². The van der Waals surface area contributed by atoms with E-state index in [1.165, 1.54) is 23.0 Å². The lowest BCUT2D eigenvalue weighted by Crippen LogP contribution is -2.03. The summed E-state index contributed by atoms with van der Waals surface area (Å²) in [6, 6.07) is 16.0. The van der Waals surface area contributed by atoms with Gasteiger partial charge in [0.1, 0.15) is 5.82 Å². The van der Waals surface area contributed by atoms with Gasteiger partial charge in [-0.2, -0.15) is 0 Å². The molecule has 0 aliphatic heterocycles. The number of carbonyl (C=O) groups excluding carboxylic acids is 1. The summed E-state index contributed by atoms with van der Waals surface area (Å²) in [4.78, 5) is 12.0. The second-order valence-electron chi connectivity index (χ2n) is 5.10. The van der Waals surface area contributed by atoms with Gasteiger partial charge in [0.25, 0.3) is 0 Å². The molecule has 0 aliphatic carbocycles. The van der Waals surface area contributed by atoms with E-state index >= 15 is 0 Å². The number of aryl methyl sites for hydroxylation is 1. The van der Waals surface area contributed by atoms with E-state index in [2.05, 4.69) is 22.8 Å². The minimum Gasteiger partial charge on any atom is -0.347 e. The van der Waals surface area contributed by atoms with Crippen LogP contribution in [-0.2, 0) is 6.54 Å². The van der Waals surface area contributed by atoms with Crippen LogP contribution in [0.4, 0.5) is 4.39 Å². The smallest absolute Gasteiger partial charge is 0.162 e. The predicted octanol–water partition coefficient (Wildman–Crippen LogP) is 4.44. The van der Waals surface area contributed by atoms with E-state index in [1.807, 2.05) is 18.3 Å². The summed E-state index contributed by atoms with van der Waals surface area (Å²) >= 11 is 0. The molecule has 0 bridgehead atoms. The number of rotatable bonds is 5. The maximum Gasteiger partial charge on any atom is 0.162 e. The SMILES string of the molecule is O=C(CCCn1ccc2ccccc21)c1ccc(F)cc1. The maximum atomic E-state index is 12.8. The van der Waals surface area contributed by atoms with Crippen LogP contribution in [-0.4, -0.2) is 10.4 Å². The summed E-state index contributed by atoms with van der Waals surface area (Å²) in [5, 5.41) is 1.21. The van der Waals surface area contributed by atoms with Crippen LogP contribution in [0.5, 0.6) is 0 Å². The number of halogens is 1. The van der Waals surface area contributed by atoms with Crippen molar-refractivity contribution in [2.45, 2.75) is 19.4 Å². The molecule has 0 unspecified atom stereocenters. The van der Waals surface area contributed by atoms with E-state index in [1.54, 1.807) is 12.1 Å². The van der Waals surface area contributed by atoms with Crippen LogP contribution in [0.25, 0.3) is 10.9 Å². The van der Waals surface area contributed by atoms with E-state index in [0.29, 0.717) is 12.0 Å². The van der Waals surface area contributed by atoms with Gasteiger partial charge in [-0.3, -0.25) is 4.79 Å². The van der Waals surface area contributed by atoms with Crippen LogP contribution < -0.4 is 0 Å². The highest BCUT2D eigenvalue weighted by Gasteiger charge is 2.06. The van der Waals surface area contributed by atoms with Crippen molar-refractivity contribution in [3.8, 4) is 0 Å². The van der Waals surface area contributed by atoms with E-state index in [4.69, 9.17) is 0 Å². The number of fused-ring (bicyclic) bond motifs is 1. The van der Waals surface area contributed by atoms with Crippen molar-refractivity contribution in [3.63, 3.8) is 0 Å². The average Bonchev–Trinajstić information content (AvgIpc) is 2.91. The molecule has 0 saturated carbocycles. The number of ketones is 1. The molecule has 106 valence electrons.